The maximum atomic E-state index is 12.9. The molecule has 1 saturated heterocycles. The number of halogens is 1. The van der Waals surface area contributed by atoms with Crippen LogP contribution < -0.4 is 0 Å². The Morgan fingerprint density at radius 1 is 1.13 bits per heavy atom. The molecule has 5 nitrogen and oxygen atoms in total. The second-order valence-electron chi connectivity index (χ2n) is 5.75. The fourth-order valence-corrected chi connectivity index (χ4v) is 4.19. The van der Waals surface area contributed by atoms with Gasteiger partial charge in [0.25, 0.3) is 0 Å². The van der Waals surface area contributed by atoms with Crippen molar-refractivity contribution in [1.82, 2.24) is 9.21 Å². The van der Waals surface area contributed by atoms with Crippen LogP contribution in [0.4, 0.5) is 4.39 Å². The van der Waals surface area contributed by atoms with Crippen molar-refractivity contribution in [1.29, 1.82) is 0 Å². The number of unbranched alkanes of at least 4 members (excludes halogenated alkanes) is 1. The molecule has 0 N–H and O–H groups in total. The molecule has 0 aliphatic carbocycles. The molecule has 1 heterocycles. The van der Waals surface area contributed by atoms with Gasteiger partial charge >= 0.3 is 0 Å². The molecule has 1 fully saturated rings. The molecule has 0 saturated carbocycles. The predicted octanol–water partition coefficient (Wildman–Crippen LogP) is 1.64. The highest BCUT2D eigenvalue weighted by atomic mass is 32.2. The standard InChI is InChI=1S/C16H23FN2O3S/c1-2-3-12-23(21,22)19-10-8-18(9-11-19)16(20)13-14-4-6-15(17)7-5-14/h4-7H,2-3,8-13H2,1H3. The molecular weight excluding hydrogens is 319 g/mol. The number of rotatable bonds is 6. The fraction of sp³-hybridized carbons (Fsp3) is 0.562. The Morgan fingerprint density at radius 2 is 1.74 bits per heavy atom. The van der Waals surface area contributed by atoms with Crippen molar-refractivity contribution >= 4 is 15.9 Å². The van der Waals surface area contributed by atoms with Gasteiger partial charge in [-0.05, 0) is 24.1 Å². The van der Waals surface area contributed by atoms with E-state index in [0.717, 1.165) is 12.0 Å². The molecular formula is C16H23FN2O3S. The van der Waals surface area contributed by atoms with E-state index < -0.39 is 10.0 Å². The van der Waals surface area contributed by atoms with Gasteiger partial charge < -0.3 is 4.90 Å². The summed E-state index contributed by atoms with van der Waals surface area (Å²) in [5, 5.41) is 0. The molecule has 0 aromatic heterocycles. The summed E-state index contributed by atoms with van der Waals surface area (Å²) < 4.78 is 38.6. The summed E-state index contributed by atoms with van der Waals surface area (Å²) >= 11 is 0. The molecule has 128 valence electrons. The monoisotopic (exact) mass is 342 g/mol. The number of carbonyl (C=O) groups is 1. The van der Waals surface area contributed by atoms with Crippen LogP contribution in [0.5, 0.6) is 0 Å². The van der Waals surface area contributed by atoms with Crippen LogP contribution in [0.25, 0.3) is 0 Å². The molecule has 1 aromatic rings. The van der Waals surface area contributed by atoms with Crippen molar-refractivity contribution in [2.75, 3.05) is 31.9 Å². The van der Waals surface area contributed by atoms with Crippen LogP contribution >= 0.6 is 0 Å². The van der Waals surface area contributed by atoms with Crippen LogP contribution in [-0.2, 0) is 21.2 Å². The van der Waals surface area contributed by atoms with Gasteiger partial charge in [0.2, 0.25) is 15.9 Å². The zero-order valence-corrected chi connectivity index (χ0v) is 14.2. The van der Waals surface area contributed by atoms with Gasteiger partial charge in [0, 0.05) is 26.2 Å². The highest BCUT2D eigenvalue weighted by Gasteiger charge is 2.28. The summed E-state index contributed by atoms with van der Waals surface area (Å²) in [5.74, 6) is -0.207. The van der Waals surface area contributed by atoms with Crippen molar-refractivity contribution < 1.29 is 17.6 Å². The highest BCUT2D eigenvalue weighted by Crippen LogP contribution is 2.12. The van der Waals surface area contributed by atoms with Crippen LogP contribution in [0.1, 0.15) is 25.3 Å². The molecule has 1 aliphatic heterocycles. The molecule has 0 atom stereocenters. The van der Waals surface area contributed by atoms with Gasteiger partial charge in [-0.2, -0.15) is 4.31 Å². The van der Waals surface area contributed by atoms with Gasteiger partial charge in [0.05, 0.1) is 12.2 Å². The number of hydrogen-bond acceptors (Lipinski definition) is 3. The summed E-state index contributed by atoms with van der Waals surface area (Å²) in [4.78, 5) is 13.9. The molecule has 2 rings (SSSR count). The Hall–Kier alpha value is -1.47. The van der Waals surface area contributed by atoms with Gasteiger partial charge in [0.15, 0.2) is 0 Å². The van der Waals surface area contributed by atoms with E-state index in [1.54, 1.807) is 17.0 Å². The minimum Gasteiger partial charge on any atom is -0.340 e. The third-order valence-corrected chi connectivity index (χ3v) is 5.97. The van der Waals surface area contributed by atoms with E-state index in [9.17, 15) is 17.6 Å². The van der Waals surface area contributed by atoms with Crippen LogP contribution in [0.2, 0.25) is 0 Å². The second kappa shape index (κ2) is 7.88. The van der Waals surface area contributed by atoms with Gasteiger partial charge in [0.1, 0.15) is 5.82 Å². The topological polar surface area (TPSA) is 57.7 Å². The lowest BCUT2D eigenvalue weighted by Crippen LogP contribution is -2.51. The first-order valence-electron chi connectivity index (χ1n) is 7.92. The van der Waals surface area contributed by atoms with E-state index >= 15 is 0 Å². The summed E-state index contributed by atoms with van der Waals surface area (Å²) in [6.07, 6.45) is 1.71. The Balaban J connectivity index is 1.86. The number of carbonyl (C=O) groups excluding carboxylic acids is 1. The van der Waals surface area contributed by atoms with Crippen molar-refractivity contribution in [3.63, 3.8) is 0 Å². The van der Waals surface area contributed by atoms with E-state index in [0.29, 0.717) is 32.6 Å². The van der Waals surface area contributed by atoms with Gasteiger partial charge in [-0.3, -0.25) is 4.79 Å². The average Bonchev–Trinajstić information content (AvgIpc) is 2.55. The highest BCUT2D eigenvalue weighted by molar-refractivity contribution is 7.89. The number of hydrogen-bond donors (Lipinski definition) is 0. The minimum atomic E-state index is -3.20. The van der Waals surface area contributed by atoms with E-state index in [4.69, 9.17) is 0 Å². The van der Waals surface area contributed by atoms with Gasteiger partial charge in [-0.15, -0.1) is 0 Å². The molecule has 23 heavy (non-hydrogen) atoms. The zero-order chi connectivity index (χ0) is 16.9. The third kappa shape index (κ3) is 5.00. The van der Waals surface area contributed by atoms with Crippen LogP contribution in [0, 0.1) is 5.82 Å². The Labute approximate surface area is 137 Å². The molecule has 1 amide bonds. The summed E-state index contributed by atoms with van der Waals surface area (Å²) in [6, 6.07) is 5.86. The quantitative estimate of drug-likeness (QED) is 0.790. The third-order valence-electron chi connectivity index (χ3n) is 4.01. The van der Waals surface area contributed by atoms with Crippen LogP contribution in [-0.4, -0.2) is 55.5 Å². The second-order valence-corrected chi connectivity index (χ2v) is 7.84. The Bertz CT molecular complexity index is 623. The fourth-order valence-electron chi connectivity index (χ4n) is 2.56. The van der Waals surface area contributed by atoms with E-state index in [1.807, 2.05) is 6.92 Å². The van der Waals surface area contributed by atoms with Crippen molar-refractivity contribution in [2.24, 2.45) is 0 Å². The molecule has 1 aliphatic rings. The molecule has 0 spiro atoms. The number of benzene rings is 1. The molecule has 7 heteroatoms. The SMILES string of the molecule is CCCCS(=O)(=O)N1CCN(C(=O)Cc2ccc(F)cc2)CC1. The normalized spacial score (nSPS) is 16.5. The largest absolute Gasteiger partial charge is 0.340 e. The minimum absolute atomic E-state index is 0.0535. The van der Waals surface area contributed by atoms with Gasteiger partial charge in [-0.25, -0.2) is 12.8 Å². The van der Waals surface area contributed by atoms with Crippen molar-refractivity contribution in [3.05, 3.63) is 35.6 Å². The van der Waals surface area contributed by atoms with Crippen molar-refractivity contribution in [2.45, 2.75) is 26.2 Å². The first-order chi connectivity index (χ1) is 10.9. The van der Waals surface area contributed by atoms with Crippen LogP contribution in [0.3, 0.4) is 0 Å². The summed E-state index contributed by atoms with van der Waals surface area (Å²) in [7, 11) is -3.20. The maximum Gasteiger partial charge on any atom is 0.227 e. The summed E-state index contributed by atoms with van der Waals surface area (Å²) in [5.41, 5.74) is 0.759. The van der Waals surface area contributed by atoms with E-state index in [2.05, 4.69) is 0 Å². The van der Waals surface area contributed by atoms with Crippen LogP contribution in [0.15, 0.2) is 24.3 Å². The van der Waals surface area contributed by atoms with Gasteiger partial charge in [-0.1, -0.05) is 25.5 Å². The predicted molar refractivity (Wildman–Crippen MR) is 87.0 cm³/mol. The first kappa shape index (κ1) is 17.9. The number of sulfonamides is 1. The maximum absolute atomic E-state index is 12.9. The number of piperazine rings is 1. The average molecular weight is 342 g/mol. The number of amides is 1. The molecule has 0 radical (unpaired) electrons. The zero-order valence-electron chi connectivity index (χ0n) is 13.4. The lowest BCUT2D eigenvalue weighted by atomic mass is 10.1. The number of nitrogens with zero attached hydrogens (tertiary/aromatic N) is 2. The molecule has 0 unspecified atom stereocenters. The van der Waals surface area contributed by atoms with Crippen molar-refractivity contribution in [3.8, 4) is 0 Å². The van der Waals surface area contributed by atoms with E-state index in [-0.39, 0.29) is 23.9 Å². The molecule has 0 bridgehead atoms. The summed E-state index contributed by atoms with van der Waals surface area (Å²) in [6.45, 7) is 3.47. The first-order valence-corrected chi connectivity index (χ1v) is 9.53. The Morgan fingerprint density at radius 3 is 2.30 bits per heavy atom. The lowest BCUT2D eigenvalue weighted by Gasteiger charge is -2.34. The smallest absolute Gasteiger partial charge is 0.227 e. The Kier molecular flexibility index (Phi) is 6.12. The van der Waals surface area contributed by atoms with E-state index in [1.165, 1.54) is 16.4 Å². The molecule has 1 aromatic carbocycles. The lowest BCUT2D eigenvalue weighted by molar-refractivity contribution is -0.131.